The van der Waals surface area contributed by atoms with Crippen LogP contribution in [0.1, 0.15) is 10.4 Å². The van der Waals surface area contributed by atoms with Crippen LogP contribution in [-0.4, -0.2) is 6.29 Å². The first kappa shape index (κ1) is 8.96. The second-order valence-corrected chi connectivity index (χ2v) is 4.72. The lowest BCUT2D eigenvalue weighted by Gasteiger charge is -2.01. The summed E-state index contributed by atoms with van der Waals surface area (Å²) >= 11 is 3.86. The van der Waals surface area contributed by atoms with Crippen LogP contribution >= 0.6 is 33.9 Å². The molecule has 0 fully saturated rings. The monoisotopic (exact) mass is 303 g/mol. The van der Waals surface area contributed by atoms with Gasteiger partial charge in [-0.25, -0.2) is 0 Å². The number of anilines is 1. The molecule has 0 saturated carbocycles. The lowest BCUT2D eigenvalue weighted by molar-refractivity contribution is 0.112. The van der Waals surface area contributed by atoms with Crippen LogP contribution < -0.4 is 5.73 Å². The van der Waals surface area contributed by atoms with E-state index in [1.54, 1.807) is 11.3 Å². The molecule has 0 saturated heterocycles. The molecule has 1 heterocycles. The Kier molecular flexibility index (Phi) is 2.25. The molecule has 0 bridgehead atoms. The zero-order valence-electron chi connectivity index (χ0n) is 6.58. The fourth-order valence-electron chi connectivity index (χ4n) is 1.27. The van der Waals surface area contributed by atoms with Gasteiger partial charge in [0.2, 0.25) is 0 Å². The van der Waals surface area contributed by atoms with Gasteiger partial charge in [-0.1, -0.05) is 0 Å². The highest BCUT2D eigenvalue weighted by molar-refractivity contribution is 14.1. The van der Waals surface area contributed by atoms with Gasteiger partial charge in [-0.3, -0.25) is 4.79 Å². The summed E-state index contributed by atoms with van der Waals surface area (Å²) in [7, 11) is 0. The second kappa shape index (κ2) is 3.26. The number of hydrogen-bond acceptors (Lipinski definition) is 3. The zero-order chi connectivity index (χ0) is 9.42. The Morgan fingerprint density at radius 2 is 2.31 bits per heavy atom. The van der Waals surface area contributed by atoms with Gasteiger partial charge in [-0.2, -0.15) is 0 Å². The molecule has 13 heavy (non-hydrogen) atoms. The number of benzene rings is 1. The summed E-state index contributed by atoms with van der Waals surface area (Å²) in [4.78, 5) is 10.8. The third-order valence-electron chi connectivity index (χ3n) is 1.88. The summed E-state index contributed by atoms with van der Waals surface area (Å²) in [5, 5.41) is 2.93. The number of halogens is 1. The van der Waals surface area contributed by atoms with Gasteiger partial charge in [0.25, 0.3) is 0 Å². The summed E-state index contributed by atoms with van der Waals surface area (Å²) in [5.74, 6) is 0. The van der Waals surface area contributed by atoms with E-state index in [4.69, 9.17) is 5.73 Å². The Hall–Kier alpha value is -0.620. The van der Waals surface area contributed by atoms with Gasteiger partial charge in [-0.05, 0) is 40.1 Å². The highest BCUT2D eigenvalue weighted by Gasteiger charge is 2.08. The number of carbonyl (C=O) groups excluding carboxylic acids is 1. The van der Waals surface area contributed by atoms with Gasteiger partial charge in [0.05, 0.1) is 0 Å². The predicted octanol–water partition coefficient (Wildman–Crippen LogP) is 2.90. The van der Waals surface area contributed by atoms with Crippen molar-refractivity contribution < 1.29 is 4.79 Å². The van der Waals surface area contributed by atoms with Crippen molar-refractivity contribution in [2.45, 2.75) is 0 Å². The number of aldehydes is 1. The molecule has 0 aliphatic heterocycles. The summed E-state index contributed by atoms with van der Waals surface area (Å²) in [6.07, 6.45) is 0.820. The van der Waals surface area contributed by atoms with Crippen molar-refractivity contribution in [1.82, 2.24) is 0 Å². The van der Waals surface area contributed by atoms with E-state index >= 15 is 0 Å². The van der Waals surface area contributed by atoms with E-state index in [1.165, 1.54) is 0 Å². The topological polar surface area (TPSA) is 43.1 Å². The molecule has 0 amide bonds. The van der Waals surface area contributed by atoms with Crippen molar-refractivity contribution in [2.75, 3.05) is 5.73 Å². The Morgan fingerprint density at radius 1 is 1.54 bits per heavy atom. The highest BCUT2D eigenvalue weighted by Crippen LogP contribution is 2.31. The average Bonchev–Trinajstić information content (AvgIpc) is 2.53. The second-order valence-electron chi connectivity index (χ2n) is 2.64. The van der Waals surface area contributed by atoms with Crippen LogP contribution in [0.3, 0.4) is 0 Å². The van der Waals surface area contributed by atoms with Crippen LogP contribution in [0.25, 0.3) is 10.1 Å². The summed E-state index contributed by atoms with van der Waals surface area (Å²) in [5.41, 5.74) is 6.89. The maximum absolute atomic E-state index is 10.8. The summed E-state index contributed by atoms with van der Waals surface area (Å²) in [6, 6.07) is 3.77. The van der Waals surface area contributed by atoms with E-state index in [0.717, 1.165) is 19.9 Å². The van der Waals surface area contributed by atoms with Crippen LogP contribution in [0.15, 0.2) is 17.5 Å². The molecule has 2 rings (SSSR count). The van der Waals surface area contributed by atoms with E-state index in [1.807, 2.05) is 17.5 Å². The number of carbonyl (C=O) groups is 1. The molecular formula is C9H6INOS. The van der Waals surface area contributed by atoms with Gasteiger partial charge in [0.15, 0.2) is 6.29 Å². The van der Waals surface area contributed by atoms with E-state index in [-0.39, 0.29) is 0 Å². The number of rotatable bonds is 1. The molecule has 2 aromatic rings. The maximum Gasteiger partial charge on any atom is 0.152 e. The molecular weight excluding hydrogens is 297 g/mol. The lowest BCUT2D eigenvalue weighted by Crippen LogP contribution is -1.94. The molecule has 2 N–H and O–H groups in total. The number of nitrogen functional groups attached to an aromatic ring is 1. The molecule has 0 aliphatic rings. The van der Waals surface area contributed by atoms with Gasteiger partial charge < -0.3 is 5.73 Å². The van der Waals surface area contributed by atoms with Crippen LogP contribution in [0.4, 0.5) is 5.69 Å². The molecule has 0 radical (unpaired) electrons. The fraction of sp³-hybridized carbons (Fsp3) is 0. The molecule has 0 unspecified atom stereocenters. The van der Waals surface area contributed by atoms with Crippen molar-refractivity contribution in [2.24, 2.45) is 0 Å². The first-order valence-electron chi connectivity index (χ1n) is 3.64. The van der Waals surface area contributed by atoms with Gasteiger partial charge in [-0.15, -0.1) is 11.3 Å². The number of thiophene rings is 1. The quantitative estimate of drug-likeness (QED) is 0.500. The maximum atomic E-state index is 10.8. The minimum absolute atomic E-state index is 0.560. The molecule has 4 heteroatoms. The Balaban J connectivity index is 2.96. The van der Waals surface area contributed by atoms with Crippen molar-refractivity contribution in [1.29, 1.82) is 0 Å². The molecule has 66 valence electrons. The normalized spacial score (nSPS) is 10.5. The Labute approximate surface area is 92.9 Å². The lowest BCUT2D eigenvalue weighted by atomic mass is 10.1. The van der Waals surface area contributed by atoms with Crippen LogP contribution in [-0.2, 0) is 0 Å². The minimum Gasteiger partial charge on any atom is -0.398 e. The van der Waals surface area contributed by atoms with Crippen LogP contribution in [0.2, 0.25) is 0 Å². The molecule has 0 spiro atoms. The van der Waals surface area contributed by atoms with Crippen molar-refractivity contribution in [3.63, 3.8) is 0 Å². The summed E-state index contributed by atoms with van der Waals surface area (Å²) in [6.45, 7) is 0. The smallest absolute Gasteiger partial charge is 0.152 e. The fourth-order valence-corrected chi connectivity index (χ4v) is 3.10. The highest BCUT2D eigenvalue weighted by atomic mass is 127. The SMILES string of the molecule is Nc1cc(I)c2sccc2c1C=O. The van der Waals surface area contributed by atoms with E-state index in [2.05, 4.69) is 22.6 Å². The van der Waals surface area contributed by atoms with Crippen molar-refractivity contribution in [3.8, 4) is 0 Å². The largest absolute Gasteiger partial charge is 0.398 e. The standard InChI is InChI=1S/C9H6INOS/c10-7-3-8(11)6(4-12)5-1-2-13-9(5)7/h1-4H,11H2. The van der Waals surface area contributed by atoms with Crippen LogP contribution in [0.5, 0.6) is 0 Å². The van der Waals surface area contributed by atoms with Gasteiger partial charge in [0, 0.05) is 24.9 Å². The van der Waals surface area contributed by atoms with Crippen LogP contribution in [0, 0.1) is 3.57 Å². The number of fused-ring (bicyclic) bond motifs is 1. The molecule has 1 aromatic carbocycles. The number of hydrogen-bond donors (Lipinski definition) is 1. The van der Waals surface area contributed by atoms with E-state index in [0.29, 0.717) is 11.3 Å². The summed E-state index contributed by atoms with van der Waals surface area (Å²) < 4.78 is 2.24. The Bertz CT molecular complexity index is 478. The molecule has 2 nitrogen and oxygen atoms in total. The molecule has 1 aromatic heterocycles. The third-order valence-corrected chi connectivity index (χ3v) is 4.05. The number of nitrogens with two attached hydrogens (primary N) is 1. The Morgan fingerprint density at radius 3 is 3.00 bits per heavy atom. The van der Waals surface area contributed by atoms with Gasteiger partial charge in [0.1, 0.15) is 0 Å². The van der Waals surface area contributed by atoms with Gasteiger partial charge >= 0.3 is 0 Å². The molecule has 0 atom stereocenters. The first-order valence-corrected chi connectivity index (χ1v) is 5.60. The average molecular weight is 303 g/mol. The van der Waals surface area contributed by atoms with Crippen molar-refractivity contribution >= 4 is 56.0 Å². The van der Waals surface area contributed by atoms with E-state index < -0.39 is 0 Å². The molecule has 0 aliphatic carbocycles. The first-order chi connectivity index (χ1) is 6.24. The minimum atomic E-state index is 0.560. The third kappa shape index (κ3) is 1.34. The van der Waals surface area contributed by atoms with Crippen molar-refractivity contribution in [3.05, 3.63) is 26.6 Å². The predicted molar refractivity (Wildman–Crippen MR) is 64.3 cm³/mol. The van der Waals surface area contributed by atoms with E-state index in [9.17, 15) is 4.79 Å². The zero-order valence-corrected chi connectivity index (χ0v) is 9.56.